The number of carbonyl (C=O) groups is 1. The first kappa shape index (κ1) is 15.8. The van der Waals surface area contributed by atoms with Gasteiger partial charge in [0.2, 0.25) is 0 Å². The highest BCUT2D eigenvalue weighted by Crippen LogP contribution is 2.36. The van der Waals surface area contributed by atoms with Gasteiger partial charge in [0, 0.05) is 10.4 Å². The lowest BCUT2D eigenvalue weighted by molar-refractivity contribution is 0.0957. The molecule has 1 heterocycles. The van der Waals surface area contributed by atoms with E-state index in [-0.39, 0.29) is 5.91 Å². The number of methoxy groups -OCH3 is 1. The lowest BCUT2D eigenvalue weighted by Crippen LogP contribution is -2.29. The topological polar surface area (TPSA) is 73.6 Å². The molecule has 0 saturated heterocycles. The Hall–Kier alpha value is -1.57. The molecule has 7 heteroatoms. The van der Waals surface area contributed by atoms with Crippen molar-refractivity contribution in [2.24, 2.45) is 5.84 Å². The monoisotopic (exact) mass is 370 g/mol. The fourth-order valence-corrected chi connectivity index (χ4v) is 3.18. The van der Waals surface area contributed by atoms with Gasteiger partial charge in [0.1, 0.15) is 6.61 Å². The molecule has 5 nitrogen and oxygen atoms in total. The van der Waals surface area contributed by atoms with Crippen LogP contribution in [-0.2, 0) is 6.61 Å². The minimum atomic E-state index is -0.298. The van der Waals surface area contributed by atoms with Gasteiger partial charge in [-0.3, -0.25) is 10.2 Å². The second kappa shape index (κ2) is 6.93. The highest BCUT2D eigenvalue weighted by atomic mass is 79.9. The van der Waals surface area contributed by atoms with Gasteiger partial charge < -0.3 is 9.47 Å². The molecule has 0 atom stereocenters. The Balaban J connectivity index is 2.17. The van der Waals surface area contributed by atoms with E-state index >= 15 is 0 Å². The summed E-state index contributed by atoms with van der Waals surface area (Å²) in [7, 11) is 1.59. The van der Waals surface area contributed by atoms with Crippen molar-refractivity contribution in [2.45, 2.75) is 13.5 Å². The Labute approximate surface area is 135 Å². The van der Waals surface area contributed by atoms with Crippen molar-refractivity contribution in [1.29, 1.82) is 0 Å². The number of hydrogen-bond acceptors (Lipinski definition) is 5. The number of benzene rings is 1. The van der Waals surface area contributed by atoms with E-state index in [1.807, 2.05) is 25.1 Å². The van der Waals surface area contributed by atoms with Crippen molar-refractivity contribution in [2.75, 3.05) is 7.11 Å². The summed E-state index contributed by atoms with van der Waals surface area (Å²) < 4.78 is 11.9. The van der Waals surface area contributed by atoms with Gasteiger partial charge in [-0.1, -0.05) is 6.07 Å². The number of ether oxygens (including phenoxy) is 2. The number of hydrogen-bond donors (Lipinski definition) is 2. The molecule has 0 bridgehead atoms. The van der Waals surface area contributed by atoms with Crippen molar-refractivity contribution in [3.8, 4) is 11.5 Å². The Kier molecular flexibility index (Phi) is 5.22. The van der Waals surface area contributed by atoms with Crippen LogP contribution in [0.1, 0.15) is 20.1 Å². The van der Waals surface area contributed by atoms with Crippen LogP contribution in [0.3, 0.4) is 0 Å². The number of nitrogens with two attached hydrogens (primary N) is 1. The molecule has 0 aliphatic carbocycles. The molecule has 1 aromatic carbocycles. The largest absolute Gasteiger partial charge is 0.493 e. The van der Waals surface area contributed by atoms with E-state index in [2.05, 4.69) is 21.4 Å². The Morgan fingerprint density at radius 2 is 2.24 bits per heavy atom. The number of nitrogens with one attached hydrogen (secondary N) is 1. The molecule has 0 fully saturated rings. The van der Waals surface area contributed by atoms with Crippen molar-refractivity contribution >= 4 is 33.2 Å². The van der Waals surface area contributed by atoms with E-state index < -0.39 is 0 Å². The van der Waals surface area contributed by atoms with Gasteiger partial charge in [-0.2, -0.15) is 0 Å². The minimum Gasteiger partial charge on any atom is -0.493 e. The predicted octanol–water partition coefficient (Wildman–Crippen LogP) is 3.01. The van der Waals surface area contributed by atoms with Crippen LogP contribution >= 0.6 is 27.3 Å². The first-order valence-corrected chi connectivity index (χ1v) is 7.73. The summed E-state index contributed by atoms with van der Waals surface area (Å²) in [5.74, 6) is 6.13. The molecule has 3 N–H and O–H groups in total. The number of hydrazine groups is 1. The van der Waals surface area contributed by atoms with Crippen LogP contribution in [0.4, 0.5) is 0 Å². The number of para-hydroxylation sites is 1. The average Bonchev–Trinajstić information content (AvgIpc) is 2.86. The van der Waals surface area contributed by atoms with Crippen molar-refractivity contribution in [3.63, 3.8) is 0 Å². The Morgan fingerprint density at radius 1 is 1.48 bits per heavy atom. The maximum Gasteiger partial charge on any atom is 0.275 e. The van der Waals surface area contributed by atoms with Crippen molar-refractivity contribution in [3.05, 3.63) is 44.1 Å². The molecule has 1 amide bonds. The predicted molar refractivity (Wildman–Crippen MR) is 85.7 cm³/mol. The number of aryl methyl sites for hydroxylation is 1. The molecule has 2 rings (SSSR count). The second-order valence-electron chi connectivity index (χ2n) is 4.23. The van der Waals surface area contributed by atoms with Gasteiger partial charge in [-0.25, -0.2) is 5.84 Å². The molecule has 0 aliphatic heterocycles. The first-order chi connectivity index (χ1) is 10.1. The zero-order valence-electron chi connectivity index (χ0n) is 11.6. The van der Waals surface area contributed by atoms with E-state index in [1.165, 1.54) is 11.3 Å². The summed E-state index contributed by atoms with van der Waals surface area (Å²) in [4.78, 5) is 13.1. The third kappa shape index (κ3) is 3.55. The summed E-state index contributed by atoms with van der Waals surface area (Å²) in [5.41, 5.74) is 3.07. The van der Waals surface area contributed by atoms with E-state index in [4.69, 9.17) is 15.3 Å². The number of halogens is 1. The molecule has 2 aromatic rings. The Bertz CT molecular complexity index is 658. The molecule has 0 aliphatic rings. The standard InChI is InChI=1S/C14H15BrN2O3S/c1-8-9(6-12(21-8)14(18)17-16)7-20-13-10(15)4-3-5-11(13)19-2/h3-6H,7,16H2,1-2H3,(H,17,18). The van der Waals surface area contributed by atoms with Gasteiger partial charge in [0.05, 0.1) is 16.5 Å². The maximum atomic E-state index is 11.5. The molecule has 21 heavy (non-hydrogen) atoms. The lowest BCUT2D eigenvalue weighted by Gasteiger charge is -2.12. The van der Waals surface area contributed by atoms with E-state index in [0.717, 1.165) is 14.9 Å². The summed E-state index contributed by atoms with van der Waals surface area (Å²) in [6, 6.07) is 7.36. The van der Waals surface area contributed by atoms with E-state index in [9.17, 15) is 4.79 Å². The molecule has 0 saturated carbocycles. The molecule has 0 spiro atoms. The third-order valence-corrected chi connectivity index (χ3v) is 4.61. The molecular weight excluding hydrogens is 356 g/mol. The fourth-order valence-electron chi connectivity index (χ4n) is 1.79. The Morgan fingerprint density at radius 3 is 2.90 bits per heavy atom. The molecular formula is C14H15BrN2O3S. The van der Waals surface area contributed by atoms with Gasteiger partial charge in [-0.05, 0) is 41.1 Å². The summed E-state index contributed by atoms with van der Waals surface area (Å²) in [6.07, 6.45) is 0. The molecule has 112 valence electrons. The molecule has 1 aromatic heterocycles. The zero-order chi connectivity index (χ0) is 15.4. The van der Waals surface area contributed by atoms with Gasteiger partial charge in [0.15, 0.2) is 11.5 Å². The van der Waals surface area contributed by atoms with Gasteiger partial charge in [0.25, 0.3) is 5.91 Å². The van der Waals surface area contributed by atoms with Crippen LogP contribution in [0, 0.1) is 6.92 Å². The van der Waals surface area contributed by atoms with Crippen LogP contribution in [-0.4, -0.2) is 13.0 Å². The lowest BCUT2D eigenvalue weighted by atomic mass is 10.2. The number of amides is 1. The SMILES string of the molecule is COc1cccc(Br)c1OCc1cc(C(=O)NN)sc1C. The van der Waals surface area contributed by atoms with E-state index in [0.29, 0.717) is 23.0 Å². The van der Waals surface area contributed by atoms with Crippen LogP contribution < -0.4 is 20.7 Å². The van der Waals surface area contributed by atoms with Gasteiger partial charge in [-0.15, -0.1) is 11.3 Å². The smallest absolute Gasteiger partial charge is 0.275 e. The second-order valence-corrected chi connectivity index (χ2v) is 6.34. The van der Waals surface area contributed by atoms with Crippen LogP contribution in [0.25, 0.3) is 0 Å². The maximum absolute atomic E-state index is 11.5. The average molecular weight is 371 g/mol. The highest BCUT2D eigenvalue weighted by Gasteiger charge is 2.14. The van der Waals surface area contributed by atoms with Crippen LogP contribution in [0.2, 0.25) is 0 Å². The van der Waals surface area contributed by atoms with Gasteiger partial charge >= 0.3 is 0 Å². The number of thiophene rings is 1. The van der Waals surface area contributed by atoms with Crippen molar-refractivity contribution < 1.29 is 14.3 Å². The number of nitrogen functional groups attached to an aromatic ring is 1. The minimum absolute atomic E-state index is 0.298. The summed E-state index contributed by atoms with van der Waals surface area (Å²) in [5, 5.41) is 0. The third-order valence-electron chi connectivity index (χ3n) is 2.90. The molecule has 0 radical (unpaired) electrons. The number of rotatable bonds is 5. The summed E-state index contributed by atoms with van der Waals surface area (Å²) in [6.45, 7) is 2.28. The molecule has 0 unspecified atom stereocenters. The zero-order valence-corrected chi connectivity index (χ0v) is 14.0. The van der Waals surface area contributed by atoms with Crippen LogP contribution in [0.15, 0.2) is 28.7 Å². The highest BCUT2D eigenvalue weighted by molar-refractivity contribution is 9.10. The number of carbonyl (C=O) groups excluding carboxylic acids is 1. The van der Waals surface area contributed by atoms with Crippen LogP contribution in [0.5, 0.6) is 11.5 Å². The van der Waals surface area contributed by atoms with Crippen molar-refractivity contribution in [1.82, 2.24) is 5.43 Å². The normalized spacial score (nSPS) is 10.3. The quantitative estimate of drug-likeness (QED) is 0.482. The summed E-state index contributed by atoms with van der Waals surface area (Å²) >= 11 is 4.82. The fraction of sp³-hybridized carbons (Fsp3) is 0.214. The first-order valence-electron chi connectivity index (χ1n) is 6.12. The van der Waals surface area contributed by atoms with E-state index in [1.54, 1.807) is 13.2 Å².